The van der Waals surface area contributed by atoms with Crippen LogP contribution in [0, 0.1) is 6.92 Å². The van der Waals surface area contributed by atoms with Gasteiger partial charge in [-0.3, -0.25) is 4.90 Å². The normalized spacial score (nSPS) is 12.9. The van der Waals surface area contributed by atoms with Gasteiger partial charge in [-0.05, 0) is 31.7 Å². The second-order valence-electron chi connectivity index (χ2n) is 4.62. The van der Waals surface area contributed by atoms with Gasteiger partial charge < -0.3 is 5.11 Å². The number of aliphatic hydroxyl groups excluding tert-OH is 1. The van der Waals surface area contributed by atoms with Crippen LogP contribution in [0.1, 0.15) is 22.4 Å². The first-order valence-electron chi connectivity index (χ1n) is 6.07. The van der Waals surface area contributed by atoms with Crippen molar-refractivity contribution in [1.29, 1.82) is 0 Å². The Morgan fingerprint density at radius 1 is 1.37 bits per heavy atom. The molecule has 0 saturated carbocycles. The van der Waals surface area contributed by atoms with Crippen LogP contribution in [0.5, 0.6) is 0 Å². The molecule has 0 spiro atoms. The van der Waals surface area contributed by atoms with E-state index in [1.54, 1.807) is 23.5 Å². The summed E-state index contributed by atoms with van der Waals surface area (Å²) in [6.07, 6.45) is -0.512. The van der Waals surface area contributed by atoms with Crippen molar-refractivity contribution >= 4 is 22.9 Å². The number of aliphatic hydroxyl groups is 1. The smallest absolute Gasteiger partial charge is 0.0916 e. The molecule has 2 rings (SSSR count). The Morgan fingerprint density at radius 2 is 2.05 bits per heavy atom. The first-order valence-corrected chi connectivity index (χ1v) is 7.33. The molecule has 2 aromatic rings. The van der Waals surface area contributed by atoms with Gasteiger partial charge in [0.1, 0.15) is 0 Å². The van der Waals surface area contributed by atoms with Crippen LogP contribution in [0.4, 0.5) is 0 Å². The minimum Gasteiger partial charge on any atom is -0.387 e. The van der Waals surface area contributed by atoms with Crippen molar-refractivity contribution < 1.29 is 5.11 Å². The van der Waals surface area contributed by atoms with Crippen molar-refractivity contribution in [1.82, 2.24) is 9.88 Å². The monoisotopic (exact) mass is 296 g/mol. The second kappa shape index (κ2) is 6.48. The molecule has 5 heteroatoms. The lowest BCUT2D eigenvalue weighted by Gasteiger charge is -2.20. The molecule has 1 atom stereocenters. The van der Waals surface area contributed by atoms with E-state index in [2.05, 4.69) is 15.3 Å². The van der Waals surface area contributed by atoms with Gasteiger partial charge in [0, 0.05) is 23.5 Å². The fourth-order valence-corrected chi connectivity index (χ4v) is 2.64. The lowest BCUT2D eigenvalue weighted by atomic mass is 10.1. The average molecular weight is 297 g/mol. The van der Waals surface area contributed by atoms with Crippen LogP contribution in [-0.2, 0) is 6.54 Å². The van der Waals surface area contributed by atoms with E-state index in [1.807, 2.05) is 26.1 Å². The number of likely N-dealkylation sites (N-methyl/N-ethyl adjacent to an activating group) is 1. The summed E-state index contributed by atoms with van der Waals surface area (Å²) in [5.74, 6) is 0. The molecule has 0 aliphatic rings. The molecule has 0 aliphatic carbocycles. The molecular weight excluding hydrogens is 280 g/mol. The predicted octanol–water partition coefficient (Wildman–Crippen LogP) is 3.27. The first kappa shape index (κ1) is 14.5. The summed E-state index contributed by atoms with van der Waals surface area (Å²) in [5, 5.41) is 14.0. The Kier molecular flexibility index (Phi) is 4.93. The Hall–Kier alpha value is -0.940. The maximum absolute atomic E-state index is 10.2. The lowest BCUT2D eigenvalue weighted by Crippen LogP contribution is -2.24. The molecule has 19 heavy (non-hydrogen) atoms. The fraction of sp³-hybridized carbons (Fsp3) is 0.357. The standard InChI is InChI=1S/C14H17ClN2OS/c1-10-16-13(9-19-10)7-17(2)8-14(18)11-3-5-12(15)6-4-11/h3-6,9,14,18H,7-8H2,1-2H3. The van der Waals surface area contributed by atoms with Crippen molar-refractivity contribution in [2.75, 3.05) is 13.6 Å². The molecule has 0 saturated heterocycles. The fourth-order valence-electron chi connectivity index (χ4n) is 1.91. The van der Waals surface area contributed by atoms with E-state index in [0.29, 0.717) is 11.6 Å². The van der Waals surface area contributed by atoms with E-state index >= 15 is 0 Å². The number of halogens is 1. The van der Waals surface area contributed by atoms with Gasteiger partial charge in [-0.2, -0.15) is 0 Å². The van der Waals surface area contributed by atoms with Crippen molar-refractivity contribution in [2.24, 2.45) is 0 Å². The van der Waals surface area contributed by atoms with Crippen molar-refractivity contribution in [3.05, 3.63) is 50.9 Å². The highest BCUT2D eigenvalue weighted by molar-refractivity contribution is 7.09. The molecule has 1 heterocycles. The number of nitrogens with zero attached hydrogens (tertiary/aromatic N) is 2. The number of aryl methyl sites for hydroxylation is 1. The van der Waals surface area contributed by atoms with Gasteiger partial charge in [-0.25, -0.2) is 4.98 Å². The number of thiazole rings is 1. The summed E-state index contributed by atoms with van der Waals surface area (Å²) in [6.45, 7) is 3.31. The number of rotatable bonds is 5. The number of hydrogen-bond acceptors (Lipinski definition) is 4. The highest BCUT2D eigenvalue weighted by Crippen LogP contribution is 2.18. The average Bonchev–Trinajstić information content (AvgIpc) is 2.75. The van der Waals surface area contributed by atoms with Crippen molar-refractivity contribution in [3.8, 4) is 0 Å². The minimum atomic E-state index is -0.512. The van der Waals surface area contributed by atoms with Gasteiger partial charge in [0.25, 0.3) is 0 Å². The molecule has 1 unspecified atom stereocenters. The van der Waals surface area contributed by atoms with Crippen LogP contribution in [0.15, 0.2) is 29.6 Å². The van der Waals surface area contributed by atoms with Crippen molar-refractivity contribution in [2.45, 2.75) is 19.6 Å². The third-order valence-corrected chi connectivity index (χ3v) is 3.91. The van der Waals surface area contributed by atoms with Gasteiger partial charge >= 0.3 is 0 Å². The maximum atomic E-state index is 10.2. The molecule has 3 nitrogen and oxygen atoms in total. The largest absolute Gasteiger partial charge is 0.387 e. The van der Waals surface area contributed by atoms with E-state index in [4.69, 9.17) is 11.6 Å². The summed E-state index contributed by atoms with van der Waals surface area (Å²) in [6, 6.07) is 7.30. The quantitative estimate of drug-likeness (QED) is 0.920. The molecule has 0 aliphatic heterocycles. The molecule has 1 aromatic carbocycles. The molecule has 1 N–H and O–H groups in total. The molecule has 102 valence electrons. The Labute approximate surface area is 122 Å². The Balaban J connectivity index is 1.91. The van der Waals surface area contributed by atoms with Gasteiger partial charge in [-0.1, -0.05) is 23.7 Å². The topological polar surface area (TPSA) is 36.4 Å². The first-order chi connectivity index (χ1) is 9.04. The van der Waals surface area contributed by atoms with E-state index < -0.39 is 6.10 Å². The molecule has 0 amide bonds. The third kappa shape index (κ3) is 4.28. The van der Waals surface area contributed by atoms with E-state index in [9.17, 15) is 5.11 Å². The van der Waals surface area contributed by atoms with E-state index in [0.717, 1.165) is 22.8 Å². The summed E-state index contributed by atoms with van der Waals surface area (Å²) >= 11 is 7.48. The number of aromatic nitrogens is 1. The van der Waals surface area contributed by atoms with Crippen LogP contribution in [0.25, 0.3) is 0 Å². The zero-order valence-corrected chi connectivity index (χ0v) is 12.6. The molecule has 0 radical (unpaired) electrons. The SMILES string of the molecule is Cc1nc(CN(C)CC(O)c2ccc(Cl)cc2)cs1. The highest BCUT2D eigenvalue weighted by atomic mass is 35.5. The molecule has 0 bridgehead atoms. The summed E-state index contributed by atoms with van der Waals surface area (Å²) < 4.78 is 0. The highest BCUT2D eigenvalue weighted by Gasteiger charge is 2.11. The Bertz CT molecular complexity index is 526. The second-order valence-corrected chi connectivity index (χ2v) is 6.12. The lowest BCUT2D eigenvalue weighted by molar-refractivity contribution is 0.123. The van der Waals surface area contributed by atoms with Gasteiger partial charge in [0.15, 0.2) is 0 Å². The summed E-state index contributed by atoms with van der Waals surface area (Å²) in [7, 11) is 1.98. The maximum Gasteiger partial charge on any atom is 0.0916 e. The minimum absolute atomic E-state index is 0.512. The molecular formula is C14H17ClN2OS. The van der Waals surface area contributed by atoms with Crippen LogP contribution in [0.2, 0.25) is 5.02 Å². The van der Waals surface area contributed by atoms with Gasteiger partial charge in [-0.15, -0.1) is 11.3 Å². The molecule has 0 fully saturated rings. The summed E-state index contributed by atoms with van der Waals surface area (Å²) in [5.41, 5.74) is 1.93. The third-order valence-electron chi connectivity index (χ3n) is 2.84. The Morgan fingerprint density at radius 3 is 2.63 bits per heavy atom. The predicted molar refractivity (Wildman–Crippen MR) is 79.6 cm³/mol. The summed E-state index contributed by atoms with van der Waals surface area (Å²) in [4.78, 5) is 6.48. The van der Waals surface area contributed by atoms with Crippen molar-refractivity contribution in [3.63, 3.8) is 0 Å². The van der Waals surface area contributed by atoms with Gasteiger partial charge in [0.2, 0.25) is 0 Å². The van der Waals surface area contributed by atoms with E-state index in [1.165, 1.54) is 0 Å². The molecule has 1 aromatic heterocycles. The zero-order valence-electron chi connectivity index (χ0n) is 11.0. The van der Waals surface area contributed by atoms with Crippen LogP contribution >= 0.6 is 22.9 Å². The zero-order chi connectivity index (χ0) is 13.8. The van der Waals surface area contributed by atoms with E-state index in [-0.39, 0.29) is 0 Å². The van der Waals surface area contributed by atoms with Crippen LogP contribution in [0.3, 0.4) is 0 Å². The van der Waals surface area contributed by atoms with Crippen LogP contribution < -0.4 is 0 Å². The van der Waals surface area contributed by atoms with Gasteiger partial charge in [0.05, 0.1) is 16.8 Å². The van der Waals surface area contributed by atoms with Crippen LogP contribution in [-0.4, -0.2) is 28.6 Å². The number of hydrogen-bond donors (Lipinski definition) is 1. The number of benzene rings is 1.